The number of anilines is 1. The number of aromatic amines is 1. The molecule has 0 aliphatic carbocycles. The minimum atomic E-state index is -4.49. The zero-order valence-electron chi connectivity index (χ0n) is 16.8. The molecule has 3 aromatic carbocycles. The molecule has 0 radical (unpaired) electrons. The number of nitrogens with zero attached hydrogens (tertiary/aromatic N) is 3. The van der Waals surface area contributed by atoms with E-state index in [9.17, 15) is 22.4 Å². The average Bonchev–Trinajstić information content (AvgIpc) is 3.32. The molecule has 4 rings (SSSR count). The van der Waals surface area contributed by atoms with Gasteiger partial charge in [0.25, 0.3) is 0 Å². The third kappa shape index (κ3) is 4.38. The summed E-state index contributed by atoms with van der Waals surface area (Å²) >= 11 is 0. The van der Waals surface area contributed by atoms with Gasteiger partial charge in [0.2, 0.25) is 0 Å². The third-order valence-electron chi connectivity index (χ3n) is 5.00. The molecule has 0 aliphatic heterocycles. The summed E-state index contributed by atoms with van der Waals surface area (Å²) in [5.41, 5.74) is 7.16. The van der Waals surface area contributed by atoms with Crippen LogP contribution in [-0.2, 0) is 12.9 Å². The summed E-state index contributed by atoms with van der Waals surface area (Å²) in [5.74, 6) is 0.149. The third-order valence-corrected chi connectivity index (χ3v) is 5.00. The molecule has 2 amide bonds. The van der Waals surface area contributed by atoms with E-state index in [2.05, 4.69) is 25.9 Å². The van der Waals surface area contributed by atoms with Crippen molar-refractivity contribution in [3.8, 4) is 33.6 Å². The number of nitrogens with one attached hydrogen (secondary N) is 2. The molecule has 0 atom stereocenters. The summed E-state index contributed by atoms with van der Waals surface area (Å²) in [7, 11) is 0. The Bertz CT molecular complexity index is 1290. The standard InChI is InChI=1S/C22H16F4N6O/c23-11-13-3-1-2-4-15(13)18-16(12-5-7-14(8-6-12)22(24,25)26)9-10-17(28-21(27)33)19(18)20-29-31-32-30-20/h1-10H,11H2,(H3,27,28,33)(H,29,30,31,32). The Morgan fingerprint density at radius 3 is 2.30 bits per heavy atom. The number of rotatable bonds is 5. The highest BCUT2D eigenvalue weighted by Crippen LogP contribution is 2.44. The lowest BCUT2D eigenvalue weighted by Crippen LogP contribution is -2.20. The number of amides is 2. The van der Waals surface area contributed by atoms with E-state index in [4.69, 9.17) is 5.73 Å². The maximum atomic E-state index is 13.9. The van der Waals surface area contributed by atoms with Crippen LogP contribution in [-0.4, -0.2) is 26.7 Å². The lowest BCUT2D eigenvalue weighted by Gasteiger charge is -2.20. The van der Waals surface area contributed by atoms with Gasteiger partial charge in [-0.15, -0.1) is 5.10 Å². The van der Waals surface area contributed by atoms with Crippen LogP contribution in [0.25, 0.3) is 33.6 Å². The van der Waals surface area contributed by atoms with Gasteiger partial charge in [0.15, 0.2) is 5.82 Å². The van der Waals surface area contributed by atoms with E-state index >= 15 is 0 Å². The number of halogens is 4. The molecule has 0 unspecified atom stereocenters. The molecule has 1 heterocycles. The number of hydrogen-bond acceptors (Lipinski definition) is 4. The van der Waals surface area contributed by atoms with Crippen LogP contribution in [0.5, 0.6) is 0 Å². The molecule has 33 heavy (non-hydrogen) atoms. The number of carbonyl (C=O) groups is 1. The minimum absolute atomic E-state index is 0.149. The molecule has 0 aliphatic rings. The monoisotopic (exact) mass is 456 g/mol. The maximum absolute atomic E-state index is 13.9. The molecule has 0 saturated heterocycles. The van der Waals surface area contributed by atoms with Gasteiger partial charge in [-0.25, -0.2) is 14.3 Å². The number of aromatic nitrogens is 4. The first-order valence-corrected chi connectivity index (χ1v) is 9.59. The largest absolute Gasteiger partial charge is 0.416 e. The average molecular weight is 456 g/mol. The van der Waals surface area contributed by atoms with E-state index in [1.165, 1.54) is 18.2 Å². The topological polar surface area (TPSA) is 110 Å². The number of urea groups is 1. The Morgan fingerprint density at radius 2 is 1.70 bits per heavy atom. The molecule has 4 N–H and O–H groups in total. The number of benzene rings is 3. The molecular formula is C22H16F4N6O. The van der Waals surface area contributed by atoms with Crippen LogP contribution in [0, 0.1) is 0 Å². The lowest BCUT2D eigenvalue weighted by molar-refractivity contribution is -0.137. The number of H-pyrrole nitrogens is 1. The number of nitrogens with two attached hydrogens (primary N) is 1. The Balaban J connectivity index is 2.05. The highest BCUT2D eigenvalue weighted by Gasteiger charge is 2.30. The van der Waals surface area contributed by atoms with Crippen LogP contribution in [0.15, 0.2) is 60.7 Å². The molecule has 0 bridgehead atoms. The van der Waals surface area contributed by atoms with Gasteiger partial charge in [-0.2, -0.15) is 13.2 Å². The fourth-order valence-electron chi connectivity index (χ4n) is 3.59. The summed E-state index contributed by atoms with van der Waals surface area (Å²) in [6.45, 7) is -0.801. The summed E-state index contributed by atoms with van der Waals surface area (Å²) < 4.78 is 53.1. The van der Waals surface area contributed by atoms with Crippen molar-refractivity contribution in [3.05, 3.63) is 71.8 Å². The van der Waals surface area contributed by atoms with Crippen LogP contribution in [0.2, 0.25) is 0 Å². The number of alkyl halides is 4. The van der Waals surface area contributed by atoms with Crippen molar-refractivity contribution in [2.45, 2.75) is 12.9 Å². The number of hydrogen-bond donors (Lipinski definition) is 3. The Hall–Kier alpha value is -4.28. The summed E-state index contributed by atoms with van der Waals surface area (Å²) in [6.07, 6.45) is -4.49. The van der Waals surface area contributed by atoms with Gasteiger partial charge in [-0.1, -0.05) is 42.5 Å². The van der Waals surface area contributed by atoms with Crippen LogP contribution in [0.4, 0.5) is 28.0 Å². The highest BCUT2D eigenvalue weighted by molar-refractivity contribution is 6.03. The second kappa shape index (κ2) is 8.69. The number of tetrazole rings is 1. The van der Waals surface area contributed by atoms with E-state index in [1.807, 2.05) is 0 Å². The van der Waals surface area contributed by atoms with Gasteiger partial charge in [0.05, 0.1) is 16.8 Å². The maximum Gasteiger partial charge on any atom is 0.416 e. The predicted molar refractivity (Wildman–Crippen MR) is 114 cm³/mol. The highest BCUT2D eigenvalue weighted by atomic mass is 19.4. The Labute approximate surface area is 184 Å². The van der Waals surface area contributed by atoms with Gasteiger partial charge in [0, 0.05) is 5.56 Å². The summed E-state index contributed by atoms with van der Waals surface area (Å²) in [4.78, 5) is 11.6. The second-order valence-electron chi connectivity index (χ2n) is 7.02. The van der Waals surface area contributed by atoms with Gasteiger partial charge in [-0.05, 0) is 50.9 Å². The second-order valence-corrected chi connectivity index (χ2v) is 7.02. The fourth-order valence-corrected chi connectivity index (χ4v) is 3.59. The summed E-state index contributed by atoms with van der Waals surface area (Å²) in [5, 5.41) is 16.2. The molecule has 168 valence electrons. The van der Waals surface area contributed by atoms with Crippen molar-refractivity contribution in [2.24, 2.45) is 5.73 Å². The van der Waals surface area contributed by atoms with Crippen LogP contribution in [0.1, 0.15) is 11.1 Å². The molecule has 4 aromatic rings. The van der Waals surface area contributed by atoms with Gasteiger partial charge >= 0.3 is 12.2 Å². The predicted octanol–water partition coefficient (Wildman–Crippen LogP) is 5.18. The number of carbonyl (C=O) groups excluding carboxylic acids is 1. The molecule has 0 spiro atoms. The fraction of sp³-hybridized carbons (Fsp3) is 0.0909. The van der Waals surface area contributed by atoms with Gasteiger partial charge < -0.3 is 11.1 Å². The minimum Gasteiger partial charge on any atom is -0.351 e. The molecule has 1 aromatic heterocycles. The Kier molecular flexibility index (Phi) is 5.78. The van der Waals surface area contributed by atoms with E-state index in [-0.39, 0.29) is 11.5 Å². The first kappa shape index (κ1) is 21.9. The first-order valence-electron chi connectivity index (χ1n) is 9.59. The summed E-state index contributed by atoms with van der Waals surface area (Å²) in [6, 6.07) is 13.5. The van der Waals surface area contributed by atoms with Crippen LogP contribution < -0.4 is 11.1 Å². The van der Waals surface area contributed by atoms with Crippen molar-refractivity contribution < 1.29 is 22.4 Å². The van der Waals surface area contributed by atoms with E-state index in [1.54, 1.807) is 30.3 Å². The quantitative estimate of drug-likeness (QED) is 0.360. The smallest absolute Gasteiger partial charge is 0.351 e. The van der Waals surface area contributed by atoms with Gasteiger partial charge in [-0.3, -0.25) is 0 Å². The zero-order chi connectivity index (χ0) is 23.6. The molecule has 7 nitrogen and oxygen atoms in total. The van der Waals surface area contributed by atoms with Crippen molar-refractivity contribution in [1.82, 2.24) is 20.6 Å². The van der Waals surface area contributed by atoms with E-state index in [0.29, 0.717) is 33.4 Å². The number of primary amides is 1. The van der Waals surface area contributed by atoms with Crippen molar-refractivity contribution in [2.75, 3.05) is 5.32 Å². The molecule has 0 fully saturated rings. The van der Waals surface area contributed by atoms with E-state index in [0.717, 1.165) is 12.1 Å². The van der Waals surface area contributed by atoms with Crippen molar-refractivity contribution in [3.63, 3.8) is 0 Å². The first-order chi connectivity index (χ1) is 15.8. The lowest BCUT2D eigenvalue weighted by atomic mass is 9.87. The SMILES string of the molecule is NC(=O)Nc1ccc(-c2ccc(C(F)(F)F)cc2)c(-c2ccccc2CF)c1-c1nnn[nH]1. The van der Waals surface area contributed by atoms with Crippen LogP contribution in [0.3, 0.4) is 0 Å². The van der Waals surface area contributed by atoms with Gasteiger partial charge in [0.1, 0.15) is 6.67 Å². The molecule has 11 heteroatoms. The van der Waals surface area contributed by atoms with Crippen molar-refractivity contribution >= 4 is 11.7 Å². The molecule has 0 saturated carbocycles. The zero-order valence-corrected chi connectivity index (χ0v) is 16.8. The Morgan fingerprint density at radius 1 is 0.970 bits per heavy atom. The normalized spacial score (nSPS) is 11.4. The van der Waals surface area contributed by atoms with E-state index < -0.39 is 24.4 Å². The van der Waals surface area contributed by atoms with Crippen molar-refractivity contribution in [1.29, 1.82) is 0 Å². The molecular weight excluding hydrogens is 440 g/mol. The van der Waals surface area contributed by atoms with Crippen LogP contribution >= 0.6 is 0 Å².